The summed E-state index contributed by atoms with van der Waals surface area (Å²) in [6.45, 7) is -8.45. The number of nitrogens with one attached hydrogen (secondary N) is 2. The van der Waals surface area contributed by atoms with Gasteiger partial charge < -0.3 is 36.3 Å². The number of alkyl halides is 40. The van der Waals surface area contributed by atoms with Crippen molar-refractivity contribution in [1.29, 1.82) is 0 Å². The molecule has 0 aliphatic rings. The van der Waals surface area contributed by atoms with Gasteiger partial charge in [0.25, 0.3) is 17.1 Å². The summed E-state index contributed by atoms with van der Waals surface area (Å²) < 4.78 is 492. The van der Waals surface area contributed by atoms with Crippen molar-refractivity contribution in [1.82, 2.24) is 10.6 Å². The fourth-order valence-corrected chi connectivity index (χ4v) is 3.37. The van der Waals surface area contributed by atoms with Crippen LogP contribution in [0.2, 0.25) is 0 Å². The Labute approximate surface area is 485 Å². The van der Waals surface area contributed by atoms with Crippen LogP contribution in [0.3, 0.4) is 0 Å². The Bertz CT molecular complexity index is 1740. The highest BCUT2D eigenvalue weighted by Crippen LogP contribution is 2.52. The molecule has 12 nitrogen and oxygen atoms in total. The first kappa shape index (κ1) is 110. The Balaban J connectivity index is -0.000000127. The molecule has 0 saturated heterocycles. The van der Waals surface area contributed by atoms with Crippen LogP contribution in [0, 0.1) is 0 Å². The number of hydrogen-bond donors (Lipinski definition) is 4. The van der Waals surface area contributed by atoms with Gasteiger partial charge in [-0.1, -0.05) is 14.9 Å². The lowest BCUT2D eigenvalue weighted by Gasteiger charge is -2.37. The molecule has 53 heteroatoms. The summed E-state index contributed by atoms with van der Waals surface area (Å²) in [6.07, 6.45) is -64.2. The summed E-state index contributed by atoms with van der Waals surface area (Å²) in [5.74, 6) is -38.6. The topological polar surface area (TPSA) is 173 Å². The van der Waals surface area contributed by atoms with Gasteiger partial charge >= 0.3 is 78.8 Å². The van der Waals surface area contributed by atoms with Crippen LogP contribution in [0.4, 0.5) is 176 Å². The summed E-state index contributed by atoms with van der Waals surface area (Å²) in [5.41, 5.74) is 10.2. The Hall–Kier alpha value is -4.18. The molecule has 6 N–H and O–H groups in total. The molecular formula is C37H53ClF40N4O8. The normalized spacial score (nSPS) is 14.1. The molecule has 0 aliphatic carbocycles. The quantitative estimate of drug-likeness (QED) is 0.0464. The van der Waals surface area contributed by atoms with Gasteiger partial charge in [0, 0.05) is 33.1 Å². The summed E-state index contributed by atoms with van der Waals surface area (Å²) in [5, 5.41) is -1.45. The Morgan fingerprint density at radius 3 is 0.933 bits per heavy atom. The van der Waals surface area contributed by atoms with E-state index >= 15 is 0 Å². The van der Waals surface area contributed by atoms with Crippen LogP contribution < -0.4 is 22.1 Å². The Kier molecular flexibility index (Phi) is 60.6. The van der Waals surface area contributed by atoms with Gasteiger partial charge in [0.05, 0.1) is 39.8 Å². The third kappa shape index (κ3) is 44.4. The lowest BCUT2D eigenvalue weighted by Crippen LogP contribution is -2.64. The van der Waals surface area contributed by atoms with Gasteiger partial charge in [-0.05, 0) is 25.4 Å². The molecule has 4 atom stereocenters. The number of rotatable bonds is 22. The van der Waals surface area contributed by atoms with Crippen LogP contribution >= 0.6 is 11.6 Å². The maximum Gasteiger partial charge on any atom is 0.483 e. The van der Waals surface area contributed by atoms with Gasteiger partial charge in [0.1, 0.15) is 0 Å². The summed E-state index contributed by atoms with van der Waals surface area (Å²) in [6, 6.07) is 0. The molecule has 2 amide bonds. The molecule has 0 rings (SSSR count). The standard InChI is InChI=1S/C18H15F21N2O5.C5ClF9O2.C4H12N2O.2C2H5F.4CH2F2.2CH4/c1-10(19,20)15(30,31)11(21,22)8(14(27,28)29)45-6(13(24,25)26)7(42)40-2-4-44-5-3-41-9(43)12(23,16(32,33)34)46-18(38,39)17(35,36)37;6-1(16)2(7,3(8,9)10)17-5(14,15)4(11,12)13;5-1-3-7-4-2-6;2*1-2-3;4*2-1-3;;/h6,8H,2-5H2,1H3,(H,40,42)(H,41,43);;1-6H2;2*2H2,1H3;4*1H2;2*1H4. The molecule has 0 aromatic rings. The third-order valence-electron chi connectivity index (χ3n) is 6.48. The van der Waals surface area contributed by atoms with Crippen LogP contribution in [-0.4, -0.2) is 202 Å². The van der Waals surface area contributed by atoms with Gasteiger partial charge in [-0.15, -0.1) is 0 Å². The second-order valence-corrected chi connectivity index (χ2v) is 13.4. The molecule has 556 valence electrons. The third-order valence-corrected chi connectivity index (χ3v) is 6.72. The van der Waals surface area contributed by atoms with Gasteiger partial charge in [0.2, 0.25) is 39.9 Å². The van der Waals surface area contributed by atoms with Crippen molar-refractivity contribution in [2.45, 2.75) is 127 Å². The minimum Gasteiger partial charge on any atom is -0.379 e. The average Bonchev–Trinajstić information content (AvgIpc) is 3.30. The first-order valence-corrected chi connectivity index (χ1v) is 21.1. The van der Waals surface area contributed by atoms with Crippen molar-refractivity contribution in [3.63, 3.8) is 0 Å². The summed E-state index contributed by atoms with van der Waals surface area (Å²) in [4.78, 5) is 33.0. The van der Waals surface area contributed by atoms with Crippen LogP contribution in [0.5, 0.6) is 0 Å². The predicted octanol–water partition coefficient (Wildman–Crippen LogP) is 14.3. The van der Waals surface area contributed by atoms with Crippen molar-refractivity contribution in [2.24, 2.45) is 11.5 Å². The molecule has 0 radical (unpaired) electrons. The molecule has 4 unspecified atom stereocenters. The lowest BCUT2D eigenvalue weighted by molar-refractivity contribution is -0.458. The van der Waals surface area contributed by atoms with Crippen molar-refractivity contribution >= 4 is 28.7 Å². The van der Waals surface area contributed by atoms with E-state index in [1.54, 1.807) is 0 Å². The maximum atomic E-state index is 13.8. The highest BCUT2D eigenvalue weighted by molar-refractivity contribution is 6.65. The largest absolute Gasteiger partial charge is 0.483 e. The fraction of sp³-hybridized carbons (Fsp3) is 0.919. The maximum absolute atomic E-state index is 13.8. The second-order valence-electron chi connectivity index (χ2n) is 13.0. The van der Waals surface area contributed by atoms with Crippen LogP contribution in [0.25, 0.3) is 0 Å². The monoisotopic (exact) mass is 1480 g/mol. The summed E-state index contributed by atoms with van der Waals surface area (Å²) in [7, 11) is 0. The fourth-order valence-electron chi connectivity index (χ4n) is 3.22. The number of carbonyl (C=O) groups is 3. The zero-order valence-corrected chi connectivity index (χ0v) is 43.7. The van der Waals surface area contributed by atoms with E-state index in [9.17, 15) is 190 Å². The molecule has 0 bridgehead atoms. The average molecular weight is 1480 g/mol. The van der Waals surface area contributed by atoms with Crippen LogP contribution in [-0.2, 0) is 38.1 Å². The van der Waals surface area contributed by atoms with E-state index in [1.807, 2.05) is 9.47 Å². The zero-order chi connectivity index (χ0) is 73.2. The van der Waals surface area contributed by atoms with Gasteiger partial charge in [-0.2, -0.15) is 132 Å². The van der Waals surface area contributed by atoms with E-state index in [4.69, 9.17) is 16.2 Å². The van der Waals surface area contributed by atoms with Crippen molar-refractivity contribution < 1.29 is 214 Å². The summed E-state index contributed by atoms with van der Waals surface area (Å²) >= 11 is 3.97. The molecule has 0 spiro atoms. The van der Waals surface area contributed by atoms with Gasteiger partial charge in [-0.3, -0.25) is 32.6 Å². The van der Waals surface area contributed by atoms with Crippen molar-refractivity contribution in [3.8, 4) is 0 Å². The van der Waals surface area contributed by atoms with E-state index < -0.39 is 169 Å². The smallest absolute Gasteiger partial charge is 0.379 e. The van der Waals surface area contributed by atoms with Crippen molar-refractivity contribution in [2.75, 3.05) is 93.7 Å². The number of ether oxygens (including phenoxy) is 5. The number of amides is 2. The van der Waals surface area contributed by atoms with Crippen LogP contribution in [0.1, 0.15) is 35.6 Å². The minimum absolute atomic E-state index is 0. The SMILES string of the molecule is C.C.CC(F)(F)C(F)(F)C(F)(F)C(OC(C(=O)NCCOCCNC(=O)C(F)(OC(F)(F)C(F)(F)F)C(F)(F)F)C(F)(F)F)C(F)(F)F.CCF.CCF.FCF.FCF.FCF.FCF.NCCOCCN.O=C(Cl)C(F)(OC(F)(F)C(F)(F)F)C(F)(F)F. The van der Waals surface area contributed by atoms with Crippen molar-refractivity contribution in [3.05, 3.63) is 0 Å². The second kappa shape index (κ2) is 49.4. The first-order valence-electron chi connectivity index (χ1n) is 20.7. The minimum atomic E-state index is -7.14. The van der Waals surface area contributed by atoms with E-state index in [1.165, 1.54) is 13.8 Å². The number of carbonyl (C=O) groups excluding carboxylic acids is 3. The zero-order valence-electron chi connectivity index (χ0n) is 43.0. The molecule has 0 aromatic heterocycles. The molecule has 0 heterocycles. The molecule has 0 aliphatic heterocycles. The molecule has 90 heavy (non-hydrogen) atoms. The highest BCUT2D eigenvalue weighted by Gasteiger charge is 2.78. The van der Waals surface area contributed by atoms with Crippen LogP contribution in [0.15, 0.2) is 0 Å². The van der Waals surface area contributed by atoms with E-state index in [2.05, 4.69) is 21.1 Å². The lowest BCUT2D eigenvalue weighted by atomic mass is 9.99. The number of halogens is 41. The van der Waals surface area contributed by atoms with E-state index in [-0.39, 0.29) is 28.2 Å². The molecular weight excluding hydrogens is 1420 g/mol. The van der Waals surface area contributed by atoms with E-state index in [0.29, 0.717) is 26.3 Å². The molecule has 0 fully saturated rings. The Morgan fingerprint density at radius 1 is 0.444 bits per heavy atom. The van der Waals surface area contributed by atoms with Gasteiger partial charge in [-0.25, -0.2) is 35.1 Å². The van der Waals surface area contributed by atoms with Gasteiger partial charge in [0.15, 0.2) is 0 Å². The number of nitrogens with two attached hydrogens (primary N) is 2. The Morgan fingerprint density at radius 2 is 0.711 bits per heavy atom. The predicted molar refractivity (Wildman–Crippen MR) is 227 cm³/mol. The highest BCUT2D eigenvalue weighted by atomic mass is 35.5. The number of hydrogen-bond acceptors (Lipinski definition) is 10. The molecule has 0 saturated carbocycles. The first-order chi connectivity index (χ1) is 39.0. The van der Waals surface area contributed by atoms with E-state index in [0.717, 1.165) is 10.6 Å². The molecule has 0 aromatic carbocycles.